The third-order valence-corrected chi connectivity index (χ3v) is 8.60. The van der Waals surface area contributed by atoms with E-state index >= 15 is 0 Å². The lowest BCUT2D eigenvalue weighted by molar-refractivity contribution is 0.403. The highest BCUT2D eigenvalue weighted by atomic mass is 32.2. The van der Waals surface area contributed by atoms with Crippen molar-refractivity contribution in [2.45, 2.75) is 42.5 Å². The second-order valence-electron chi connectivity index (χ2n) is 7.85. The number of hydrogen-bond acceptors (Lipinski definition) is 5. The molecule has 2 heterocycles. The molecule has 1 N–H and O–H groups in total. The summed E-state index contributed by atoms with van der Waals surface area (Å²) in [5.74, 6) is 0. The van der Waals surface area contributed by atoms with E-state index < -0.39 is 20.0 Å². The number of benzene rings is 1. The molecule has 0 saturated carbocycles. The molecule has 0 aliphatic carbocycles. The van der Waals surface area contributed by atoms with Crippen LogP contribution in [-0.2, 0) is 25.5 Å². The van der Waals surface area contributed by atoms with Crippen LogP contribution in [0.5, 0.6) is 0 Å². The molecule has 0 spiro atoms. The molecule has 1 aromatic carbocycles. The minimum Gasteiger partial charge on any atom is -0.335 e. The quantitative estimate of drug-likeness (QED) is 0.803. The summed E-state index contributed by atoms with van der Waals surface area (Å²) in [5, 5.41) is 0.0153. The van der Waals surface area contributed by atoms with Gasteiger partial charge < -0.3 is 4.98 Å². The zero-order valence-electron chi connectivity index (χ0n) is 16.3. The zero-order chi connectivity index (χ0) is 20.6. The maximum Gasteiger partial charge on any atom is 0.260 e. The van der Waals surface area contributed by atoms with Crippen LogP contribution >= 0.6 is 0 Å². The van der Waals surface area contributed by atoms with Crippen LogP contribution < -0.4 is 0 Å². The smallest absolute Gasteiger partial charge is 0.260 e. The molecule has 1 saturated heterocycles. The van der Waals surface area contributed by atoms with Crippen molar-refractivity contribution in [3.05, 3.63) is 42.4 Å². The van der Waals surface area contributed by atoms with Crippen LogP contribution in [0.25, 0.3) is 0 Å². The van der Waals surface area contributed by atoms with Gasteiger partial charge in [-0.2, -0.15) is 8.61 Å². The van der Waals surface area contributed by atoms with E-state index in [1.165, 1.54) is 21.1 Å². The van der Waals surface area contributed by atoms with Gasteiger partial charge in [-0.3, -0.25) is 0 Å². The first-order valence-electron chi connectivity index (χ1n) is 9.12. The molecular formula is C18H26N4O4S2. The molecule has 0 unspecified atom stereocenters. The topological polar surface area (TPSA) is 103 Å². The van der Waals surface area contributed by atoms with Crippen LogP contribution in [0.2, 0.25) is 0 Å². The summed E-state index contributed by atoms with van der Waals surface area (Å²) in [6, 6.07) is 6.92. The van der Waals surface area contributed by atoms with Gasteiger partial charge in [0.2, 0.25) is 10.0 Å². The Kier molecular flexibility index (Phi) is 5.68. The van der Waals surface area contributed by atoms with Crippen LogP contribution in [0.1, 0.15) is 32.8 Å². The predicted octanol–water partition coefficient (Wildman–Crippen LogP) is 1.79. The lowest BCUT2D eigenvalue weighted by atomic mass is 9.87. The van der Waals surface area contributed by atoms with E-state index in [4.69, 9.17) is 0 Å². The zero-order valence-corrected chi connectivity index (χ0v) is 17.9. The molecule has 1 aliphatic heterocycles. The van der Waals surface area contributed by atoms with Crippen LogP contribution in [0.15, 0.2) is 46.7 Å². The minimum absolute atomic E-state index is 0.0153. The number of aromatic amines is 1. The highest BCUT2D eigenvalue weighted by molar-refractivity contribution is 7.89. The van der Waals surface area contributed by atoms with Gasteiger partial charge in [0, 0.05) is 26.2 Å². The number of hydrogen-bond donors (Lipinski definition) is 1. The van der Waals surface area contributed by atoms with Crippen LogP contribution in [0.3, 0.4) is 0 Å². The average molecular weight is 427 g/mol. The van der Waals surface area contributed by atoms with Crippen molar-refractivity contribution in [1.82, 2.24) is 18.6 Å². The van der Waals surface area contributed by atoms with Gasteiger partial charge in [0.25, 0.3) is 10.0 Å². The molecule has 0 atom stereocenters. The second kappa shape index (κ2) is 7.58. The fraction of sp³-hybridized carbons (Fsp3) is 0.500. The van der Waals surface area contributed by atoms with E-state index in [2.05, 4.69) is 30.7 Å². The Morgan fingerprint density at radius 2 is 1.46 bits per heavy atom. The SMILES string of the molecule is CC(C)(C)c1ccc(S(=O)(=O)N2CCCN(S(=O)(=O)c3cnc[nH]3)CC2)cc1. The fourth-order valence-corrected chi connectivity index (χ4v) is 5.99. The monoisotopic (exact) mass is 426 g/mol. The van der Waals surface area contributed by atoms with Crippen molar-refractivity contribution < 1.29 is 16.8 Å². The molecule has 154 valence electrons. The predicted molar refractivity (Wildman–Crippen MR) is 106 cm³/mol. The Morgan fingerprint density at radius 3 is 1.96 bits per heavy atom. The largest absolute Gasteiger partial charge is 0.335 e. The van der Waals surface area contributed by atoms with Crippen LogP contribution in [0.4, 0.5) is 0 Å². The Bertz CT molecular complexity index is 1010. The Hall–Kier alpha value is -1.75. The molecule has 3 rings (SSSR count). The van der Waals surface area contributed by atoms with Crippen LogP contribution in [-0.4, -0.2) is 61.6 Å². The first kappa shape index (κ1) is 21.0. The van der Waals surface area contributed by atoms with Gasteiger partial charge in [0.15, 0.2) is 5.03 Å². The minimum atomic E-state index is -3.70. The average Bonchev–Trinajstić information content (AvgIpc) is 3.05. The lowest BCUT2D eigenvalue weighted by Gasteiger charge is -2.22. The Balaban J connectivity index is 1.78. The molecule has 10 heteroatoms. The van der Waals surface area contributed by atoms with Crippen molar-refractivity contribution in [2.75, 3.05) is 26.2 Å². The van der Waals surface area contributed by atoms with Gasteiger partial charge in [0.1, 0.15) is 0 Å². The molecule has 8 nitrogen and oxygen atoms in total. The lowest BCUT2D eigenvalue weighted by Crippen LogP contribution is -2.37. The summed E-state index contributed by atoms with van der Waals surface area (Å²) in [4.78, 5) is 6.59. The van der Waals surface area contributed by atoms with Gasteiger partial charge >= 0.3 is 0 Å². The summed E-state index contributed by atoms with van der Waals surface area (Å²) in [6.07, 6.45) is 2.99. The highest BCUT2D eigenvalue weighted by Crippen LogP contribution is 2.25. The van der Waals surface area contributed by atoms with Crippen molar-refractivity contribution >= 4 is 20.0 Å². The summed E-state index contributed by atoms with van der Waals surface area (Å²) in [5.41, 5.74) is 0.992. The molecular weight excluding hydrogens is 400 g/mol. The molecule has 1 fully saturated rings. The first-order chi connectivity index (χ1) is 13.0. The van der Waals surface area contributed by atoms with E-state index in [0.717, 1.165) is 5.56 Å². The Labute approximate surface area is 166 Å². The van der Waals surface area contributed by atoms with Crippen LogP contribution in [0, 0.1) is 0 Å². The molecule has 28 heavy (non-hydrogen) atoms. The number of rotatable bonds is 4. The molecule has 0 amide bonds. The molecule has 2 aromatic rings. The van der Waals surface area contributed by atoms with E-state index in [1.807, 2.05) is 12.1 Å². The first-order valence-corrected chi connectivity index (χ1v) is 12.0. The molecule has 1 aliphatic rings. The summed E-state index contributed by atoms with van der Waals surface area (Å²) >= 11 is 0. The standard InChI is InChI=1S/C18H26N4O4S2/c1-18(2,3)15-5-7-16(8-6-15)27(23,24)21-9-4-10-22(12-11-21)28(25,26)17-13-19-14-20-17/h5-8,13-14H,4,9-12H2,1-3H3,(H,19,20). The molecule has 0 bridgehead atoms. The third-order valence-electron chi connectivity index (χ3n) is 4.86. The summed E-state index contributed by atoms with van der Waals surface area (Å²) in [7, 11) is -7.38. The maximum atomic E-state index is 13.0. The van der Waals surface area contributed by atoms with Crippen molar-refractivity contribution in [1.29, 1.82) is 0 Å². The number of H-pyrrole nitrogens is 1. The maximum absolute atomic E-state index is 13.0. The van der Waals surface area contributed by atoms with Gasteiger partial charge in [-0.15, -0.1) is 0 Å². The van der Waals surface area contributed by atoms with Crippen molar-refractivity contribution in [2.24, 2.45) is 0 Å². The number of imidazole rings is 1. The van der Waals surface area contributed by atoms with E-state index in [0.29, 0.717) is 6.42 Å². The van der Waals surface area contributed by atoms with Crippen molar-refractivity contribution in [3.63, 3.8) is 0 Å². The van der Waals surface area contributed by atoms with Gasteiger partial charge in [0.05, 0.1) is 17.4 Å². The Morgan fingerprint density at radius 1 is 0.893 bits per heavy atom. The number of aromatic nitrogens is 2. The highest BCUT2D eigenvalue weighted by Gasteiger charge is 2.32. The number of sulfonamides is 2. The van der Waals surface area contributed by atoms with E-state index in [1.54, 1.807) is 12.1 Å². The van der Waals surface area contributed by atoms with E-state index in [-0.39, 0.29) is 41.5 Å². The fourth-order valence-electron chi connectivity index (χ4n) is 3.15. The second-order valence-corrected chi connectivity index (χ2v) is 11.7. The normalized spacial score (nSPS) is 18.1. The third kappa shape index (κ3) is 4.14. The van der Waals surface area contributed by atoms with Gasteiger partial charge in [-0.25, -0.2) is 21.8 Å². The van der Waals surface area contributed by atoms with E-state index in [9.17, 15) is 16.8 Å². The summed E-state index contributed by atoms with van der Waals surface area (Å²) in [6.45, 7) is 6.95. The number of nitrogens with zero attached hydrogens (tertiary/aromatic N) is 3. The van der Waals surface area contributed by atoms with Gasteiger partial charge in [-0.1, -0.05) is 32.9 Å². The number of nitrogens with one attached hydrogen (secondary N) is 1. The van der Waals surface area contributed by atoms with Gasteiger partial charge in [-0.05, 0) is 29.5 Å². The molecule has 0 radical (unpaired) electrons. The molecule has 1 aromatic heterocycles. The summed E-state index contributed by atoms with van der Waals surface area (Å²) < 4.78 is 54.0. The van der Waals surface area contributed by atoms with Crippen molar-refractivity contribution in [3.8, 4) is 0 Å².